The molecule has 1 aromatic rings. The summed E-state index contributed by atoms with van der Waals surface area (Å²) in [7, 11) is 1.39. The number of esters is 1. The first-order valence-corrected chi connectivity index (χ1v) is 7.55. The van der Waals surface area contributed by atoms with Gasteiger partial charge >= 0.3 is 5.97 Å². The summed E-state index contributed by atoms with van der Waals surface area (Å²) >= 11 is 0. The lowest BCUT2D eigenvalue weighted by atomic mass is 9.70. The molecule has 4 nitrogen and oxygen atoms in total. The highest BCUT2D eigenvalue weighted by molar-refractivity contribution is 5.92. The summed E-state index contributed by atoms with van der Waals surface area (Å²) in [6.45, 7) is 6.92. The Morgan fingerprint density at radius 2 is 2.10 bits per heavy atom. The SMILES string of the molecule is COC(=O)c1ccc(N)c(N[C@H]2C[C@@H](C)CC(C)(C)C2)c1. The highest BCUT2D eigenvalue weighted by Crippen LogP contribution is 2.40. The van der Waals surface area contributed by atoms with Gasteiger partial charge in [-0.25, -0.2) is 4.79 Å². The first-order valence-electron chi connectivity index (χ1n) is 7.55. The third-order valence-corrected chi connectivity index (χ3v) is 4.22. The molecule has 0 aliphatic heterocycles. The molecule has 0 amide bonds. The van der Waals surface area contributed by atoms with Crippen molar-refractivity contribution in [3.8, 4) is 0 Å². The van der Waals surface area contributed by atoms with Crippen molar-refractivity contribution in [2.45, 2.75) is 46.1 Å². The molecule has 2 rings (SSSR count). The summed E-state index contributed by atoms with van der Waals surface area (Å²) in [5, 5.41) is 3.52. The van der Waals surface area contributed by atoms with Crippen LogP contribution in [0.4, 0.5) is 11.4 Å². The zero-order chi connectivity index (χ0) is 15.6. The average molecular weight is 290 g/mol. The van der Waals surface area contributed by atoms with Gasteiger partial charge < -0.3 is 15.8 Å². The molecule has 3 N–H and O–H groups in total. The molecule has 4 heteroatoms. The predicted octanol–water partition coefficient (Wildman–Crippen LogP) is 3.68. The molecule has 1 aliphatic carbocycles. The lowest BCUT2D eigenvalue weighted by Crippen LogP contribution is -2.35. The number of hydrogen-bond donors (Lipinski definition) is 2. The first kappa shape index (κ1) is 15.7. The Morgan fingerprint density at radius 3 is 2.71 bits per heavy atom. The number of ether oxygens (including phenoxy) is 1. The van der Waals surface area contributed by atoms with Crippen LogP contribution in [0.5, 0.6) is 0 Å². The Balaban J connectivity index is 2.17. The number of methoxy groups -OCH3 is 1. The van der Waals surface area contributed by atoms with Crippen LogP contribution in [-0.4, -0.2) is 19.1 Å². The van der Waals surface area contributed by atoms with Gasteiger partial charge in [-0.15, -0.1) is 0 Å². The molecule has 0 bridgehead atoms. The van der Waals surface area contributed by atoms with Crippen molar-refractivity contribution in [2.75, 3.05) is 18.2 Å². The van der Waals surface area contributed by atoms with Crippen LogP contribution in [0.1, 0.15) is 50.4 Å². The highest BCUT2D eigenvalue weighted by atomic mass is 16.5. The average Bonchev–Trinajstić information content (AvgIpc) is 2.38. The standard InChI is InChI=1S/C17H26N2O2/c1-11-7-13(10-17(2,3)9-11)19-15-8-12(16(20)21-4)5-6-14(15)18/h5-6,8,11,13,19H,7,9-10,18H2,1-4H3/t11-,13+/m1/s1. The van der Waals surface area contributed by atoms with Gasteiger partial charge in [0.25, 0.3) is 0 Å². The van der Waals surface area contributed by atoms with Crippen LogP contribution in [0.3, 0.4) is 0 Å². The maximum absolute atomic E-state index is 11.6. The normalized spacial score (nSPS) is 24.4. The third-order valence-electron chi connectivity index (χ3n) is 4.22. The van der Waals surface area contributed by atoms with E-state index in [0.29, 0.717) is 28.6 Å². The quantitative estimate of drug-likeness (QED) is 0.658. The van der Waals surface area contributed by atoms with Gasteiger partial charge in [0.15, 0.2) is 0 Å². The minimum atomic E-state index is -0.338. The van der Waals surface area contributed by atoms with E-state index in [1.54, 1.807) is 18.2 Å². The van der Waals surface area contributed by atoms with Crippen LogP contribution >= 0.6 is 0 Å². The molecule has 2 atom stereocenters. The summed E-state index contributed by atoms with van der Waals surface area (Å²) in [6, 6.07) is 5.62. The van der Waals surface area contributed by atoms with Gasteiger partial charge in [0, 0.05) is 6.04 Å². The van der Waals surface area contributed by atoms with Crippen molar-refractivity contribution in [1.29, 1.82) is 0 Å². The van der Waals surface area contributed by atoms with E-state index in [1.807, 2.05) is 0 Å². The van der Waals surface area contributed by atoms with Crippen LogP contribution in [0, 0.1) is 11.3 Å². The molecule has 1 aromatic carbocycles. The molecule has 21 heavy (non-hydrogen) atoms. The molecule has 0 unspecified atom stereocenters. The van der Waals surface area contributed by atoms with Gasteiger partial charge in [-0.1, -0.05) is 20.8 Å². The number of nitrogen functional groups attached to an aromatic ring is 1. The summed E-state index contributed by atoms with van der Waals surface area (Å²) < 4.78 is 4.76. The molecule has 1 aliphatic rings. The molecule has 0 radical (unpaired) electrons. The Morgan fingerprint density at radius 1 is 1.38 bits per heavy atom. The molecule has 0 spiro atoms. The van der Waals surface area contributed by atoms with Crippen LogP contribution in [-0.2, 0) is 4.74 Å². The summed E-state index contributed by atoms with van der Waals surface area (Å²) in [6.07, 6.45) is 3.49. The minimum Gasteiger partial charge on any atom is -0.465 e. The Bertz CT molecular complexity index is 526. The topological polar surface area (TPSA) is 64.3 Å². The predicted molar refractivity (Wildman–Crippen MR) is 86.4 cm³/mol. The second-order valence-corrected chi connectivity index (χ2v) is 7.05. The number of carbonyl (C=O) groups is 1. The number of carbonyl (C=O) groups excluding carboxylic acids is 1. The Hall–Kier alpha value is -1.71. The van der Waals surface area contributed by atoms with E-state index in [1.165, 1.54) is 13.5 Å². The molecule has 116 valence electrons. The molecule has 1 saturated carbocycles. The van der Waals surface area contributed by atoms with E-state index < -0.39 is 0 Å². The van der Waals surface area contributed by atoms with Gasteiger partial charge in [-0.3, -0.25) is 0 Å². The van der Waals surface area contributed by atoms with Gasteiger partial charge in [0.1, 0.15) is 0 Å². The fraction of sp³-hybridized carbons (Fsp3) is 0.588. The number of nitrogens with one attached hydrogen (secondary N) is 1. The van der Waals surface area contributed by atoms with E-state index in [-0.39, 0.29) is 5.97 Å². The van der Waals surface area contributed by atoms with Gasteiger partial charge in [-0.05, 0) is 48.8 Å². The number of benzene rings is 1. The first-order chi connectivity index (χ1) is 9.80. The summed E-state index contributed by atoms with van der Waals surface area (Å²) in [5.41, 5.74) is 8.39. The van der Waals surface area contributed by atoms with E-state index in [2.05, 4.69) is 26.1 Å². The van der Waals surface area contributed by atoms with Crippen LogP contribution in [0.25, 0.3) is 0 Å². The molecular weight excluding hydrogens is 264 g/mol. The highest BCUT2D eigenvalue weighted by Gasteiger charge is 2.32. The Kier molecular flexibility index (Phi) is 4.45. The largest absolute Gasteiger partial charge is 0.465 e. The second-order valence-electron chi connectivity index (χ2n) is 7.05. The monoisotopic (exact) mass is 290 g/mol. The maximum Gasteiger partial charge on any atom is 0.337 e. The number of anilines is 2. The van der Waals surface area contributed by atoms with Crippen LogP contribution in [0.15, 0.2) is 18.2 Å². The van der Waals surface area contributed by atoms with Crippen LogP contribution in [0.2, 0.25) is 0 Å². The molecular formula is C17H26N2O2. The van der Waals surface area contributed by atoms with Crippen LogP contribution < -0.4 is 11.1 Å². The van der Waals surface area contributed by atoms with E-state index in [0.717, 1.165) is 18.5 Å². The van der Waals surface area contributed by atoms with Crippen molar-refractivity contribution < 1.29 is 9.53 Å². The van der Waals surface area contributed by atoms with Crippen molar-refractivity contribution in [3.63, 3.8) is 0 Å². The fourth-order valence-corrected chi connectivity index (χ4v) is 3.60. The molecule has 0 saturated heterocycles. The van der Waals surface area contributed by atoms with Crippen molar-refractivity contribution in [2.24, 2.45) is 11.3 Å². The summed E-state index contributed by atoms with van der Waals surface area (Å²) in [4.78, 5) is 11.6. The number of hydrogen-bond acceptors (Lipinski definition) is 4. The lowest BCUT2D eigenvalue weighted by molar-refractivity contribution is 0.0601. The maximum atomic E-state index is 11.6. The molecule has 1 fully saturated rings. The van der Waals surface area contributed by atoms with Crippen molar-refractivity contribution in [3.05, 3.63) is 23.8 Å². The molecule has 0 heterocycles. The van der Waals surface area contributed by atoms with Gasteiger partial charge in [0.05, 0.1) is 24.0 Å². The van der Waals surface area contributed by atoms with E-state index >= 15 is 0 Å². The minimum absolute atomic E-state index is 0.337. The smallest absolute Gasteiger partial charge is 0.337 e. The zero-order valence-electron chi connectivity index (χ0n) is 13.4. The van der Waals surface area contributed by atoms with E-state index in [4.69, 9.17) is 10.5 Å². The molecule has 0 aromatic heterocycles. The Labute approximate surface area is 127 Å². The zero-order valence-corrected chi connectivity index (χ0v) is 13.4. The fourth-order valence-electron chi connectivity index (χ4n) is 3.60. The summed E-state index contributed by atoms with van der Waals surface area (Å²) in [5.74, 6) is 0.353. The van der Waals surface area contributed by atoms with Gasteiger partial charge in [-0.2, -0.15) is 0 Å². The number of rotatable bonds is 3. The third kappa shape index (κ3) is 3.90. The van der Waals surface area contributed by atoms with Crippen molar-refractivity contribution in [1.82, 2.24) is 0 Å². The van der Waals surface area contributed by atoms with Crippen molar-refractivity contribution >= 4 is 17.3 Å². The van der Waals surface area contributed by atoms with Gasteiger partial charge in [0.2, 0.25) is 0 Å². The lowest BCUT2D eigenvalue weighted by Gasteiger charge is -2.39. The van der Waals surface area contributed by atoms with E-state index in [9.17, 15) is 4.79 Å². The number of nitrogens with two attached hydrogens (primary N) is 1. The second kappa shape index (κ2) is 5.96.